The second-order valence-corrected chi connectivity index (χ2v) is 9.44. The number of likely N-dealkylation sites (tertiary alicyclic amines) is 1. The van der Waals surface area contributed by atoms with Gasteiger partial charge < -0.3 is 10.2 Å². The van der Waals surface area contributed by atoms with Crippen molar-refractivity contribution >= 4 is 23.6 Å². The second-order valence-electron chi connectivity index (χ2n) is 9.44. The number of nitrogens with zero attached hydrogens (tertiary/aromatic N) is 2. The lowest BCUT2D eigenvalue weighted by Crippen LogP contribution is -2.54. The van der Waals surface area contributed by atoms with Crippen molar-refractivity contribution in [1.82, 2.24) is 20.4 Å². The Kier molecular flexibility index (Phi) is 5.48. The molecule has 170 valence electrons. The van der Waals surface area contributed by atoms with E-state index in [2.05, 4.69) is 10.2 Å². The first-order valence-electron chi connectivity index (χ1n) is 12.2. The van der Waals surface area contributed by atoms with Gasteiger partial charge in [-0.05, 0) is 87.8 Å². The third kappa shape index (κ3) is 3.97. The topological polar surface area (TPSA) is 98.8 Å². The average molecular weight is 440 g/mol. The lowest BCUT2D eigenvalue weighted by molar-refractivity contribution is -0.136. The molecule has 1 unspecified atom stereocenters. The Morgan fingerprint density at radius 3 is 2.38 bits per heavy atom. The maximum atomic E-state index is 13.1. The van der Waals surface area contributed by atoms with Crippen molar-refractivity contribution in [3.63, 3.8) is 0 Å². The highest BCUT2D eigenvalue weighted by molar-refractivity contribution is 6.23. The minimum Gasteiger partial charge on any atom is -0.317 e. The molecule has 0 aliphatic carbocycles. The van der Waals surface area contributed by atoms with Crippen LogP contribution in [0.15, 0.2) is 18.2 Å². The van der Waals surface area contributed by atoms with Crippen LogP contribution in [0.1, 0.15) is 70.7 Å². The second kappa shape index (κ2) is 8.75. The van der Waals surface area contributed by atoms with Gasteiger partial charge in [0, 0.05) is 13.0 Å². The van der Waals surface area contributed by atoms with Gasteiger partial charge in [-0.15, -0.1) is 0 Å². The zero-order chi connectivity index (χ0) is 23.1. The SMILES string of the molecule is [2H]N1CCC(CN2CCC(c3ccc4c(c3)C(=O)N(C3CCC(=O)NC3=O)C4=O)CC2)CC1. The van der Waals surface area contributed by atoms with Crippen molar-refractivity contribution in [2.75, 3.05) is 32.7 Å². The number of carbonyl (C=O) groups is 4. The normalized spacial score (nSPS) is 26.9. The molecular weight excluding hydrogens is 408 g/mol. The molecular formula is C24H30N4O4. The molecule has 4 aliphatic rings. The number of imide groups is 2. The maximum Gasteiger partial charge on any atom is 0.262 e. The molecule has 32 heavy (non-hydrogen) atoms. The largest absolute Gasteiger partial charge is 0.317 e. The van der Waals surface area contributed by atoms with E-state index in [0.29, 0.717) is 23.0 Å². The number of piperidine rings is 3. The third-order valence-electron chi connectivity index (χ3n) is 7.43. The van der Waals surface area contributed by atoms with Crippen molar-refractivity contribution in [2.45, 2.75) is 50.5 Å². The highest BCUT2D eigenvalue weighted by Gasteiger charge is 2.44. The zero-order valence-electron chi connectivity index (χ0n) is 19.2. The molecule has 4 aliphatic heterocycles. The summed E-state index contributed by atoms with van der Waals surface area (Å²) in [5.41, 5.74) is 1.78. The Morgan fingerprint density at radius 2 is 1.66 bits per heavy atom. The summed E-state index contributed by atoms with van der Waals surface area (Å²) in [5, 5.41) is 3.89. The van der Waals surface area contributed by atoms with Gasteiger partial charge in [-0.1, -0.05) is 6.07 Å². The van der Waals surface area contributed by atoms with Gasteiger partial charge in [0.05, 0.1) is 11.1 Å². The number of hydrogen-bond donors (Lipinski definition) is 2. The lowest BCUT2D eigenvalue weighted by Gasteiger charge is -2.35. The van der Waals surface area contributed by atoms with Crippen LogP contribution in [0, 0.1) is 5.92 Å². The monoisotopic (exact) mass is 439 g/mol. The van der Waals surface area contributed by atoms with Gasteiger partial charge in [-0.3, -0.25) is 29.4 Å². The Morgan fingerprint density at radius 1 is 0.938 bits per heavy atom. The van der Waals surface area contributed by atoms with Crippen molar-refractivity contribution in [1.29, 1.82) is 0 Å². The van der Waals surface area contributed by atoms with Crippen LogP contribution >= 0.6 is 0 Å². The summed E-state index contributed by atoms with van der Waals surface area (Å²) >= 11 is 0. The van der Waals surface area contributed by atoms with Gasteiger partial charge in [0.2, 0.25) is 11.8 Å². The molecule has 2 N–H and O–H groups in total. The van der Waals surface area contributed by atoms with Crippen LogP contribution in [0.25, 0.3) is 0 Å². The van der Waals surface area contributed by atoms with E-state index in [-0.39, 0.29) is 18.7 Å². The van der Waals surface area contributed by atoms with Gasteiger partial charge in [-0.25, -0.2) is 0 Å². The number of nitrogens with one attached hydrogen (secondary N) is 2. The van der Waals surface area contributed by atoms with Crippen molar-refractivity contribution in [3.05, 3.63) is 34.9 Å². The summed E-state index contributed by atoms with van der Waals surface area (Å²) in [7, 11) is 0. The zero-order valence-corrected chi connectivity index (χ0v) is 18.2. The van der Waals surface area contributed by atoms with Crippen LogP contribution in [0.3, 0.4) is 0 Å². The van der Waals surface area contributed by atoms with Crippen molar-refractivity contribution in [3.8, 4) is 0 Å². The van der Waals surface area contributed by atoms with E-state index in [9.17, 15) is 19.2 Å². The van der Waals surface area contributed by atoms with E-state index < -0.39 is 23.8 Å². The van der Waals surface area contributed by atoms with Gasteiger partial charge >= 0.3 is 0 Å². The van der Waals surface area contributed by atoms with Crippen LogP contribution in [0.5, 0.6) is 0 Å². The van der Waals surface area contributed by atoms with Crippen LogP contribution in [-0.4, -0.2) is 72.2 Å². The van der Waals surface area contributed by atoms with E-state index in [1.807, 2.05) is 12.1 Å². The molecule has 0 aromatic heterocycles. The fourth-order valence-corrected chi connectivity index (χ4v) is 5.54. The molecule has 3 fully saturated rings. The molecule has 0 spiro atoms. The van der Waals surface area contributed by atoms with Crippen LogP contribution < -0.4 is 10.6 Å². The smallest absolute Gasteiger partial charge is 0.262 e. The maximum absolute atomic E-state index is 13.1. The van der Waals surface area contributed by atoms with Gasteiger partial charge in [0.25, 0.3) is 11.8 Å². The number of amides is 4. The van der Waals surface area contributed by atoms with Crippen LogP contribution in [-0.2, 0) is 9.59 Å². The summed E-state index contributed by atoms with van der Waals surface area (Å²) in [5.74, 6) is -0.835. The summed E-state index contributed by atoms with van der Waals surface area (Å²) in [6.45, 7) is 4.84. The Balaban J connectivity index is 1.23. The quantitative estimate of drug-likeness (QED) is 0.686. The number of carbonyl (C=O) groups excluding carboxylic acids is 4. The molecule has 4 heterocycles. The number of benzene rings is 1. The number of rotatable bonds is 4. The first kappa shape index (κ1) is 20.1. The predicted molar refractivity (Wildman–Crippen MR) is 117 cm³/mol. The molecule has 1 aromatic rings. The highest BCUT2D eigenvalue weighted by atomic mass is 16.2. The molecule has 3 saturated heterocycles. The van der Waals surface area contributed by atoms with E-state index in [1.54, 1.807) is 11.4 Å². The summed E-state index contributed by atoms with van der Waals surface area (Å²) in [4.78, 5) is 53.2. The fourth-order valence-electron chi connectivity index (χ4n) is 5.54. The molecule has 0 bridgehead atoms. The Labute approximate surface area is 189 Å². The van der Waals surface area contributed by atoms with E-state index in [0.717, 1.165) is 68.9 Å². The summed E-state index contributed by atoms with van der Waals surface area (Å²) in [6.07, 6.45) is 4.49. The van der Waals surface area contributed by atoms with E-state index >= 15 is 0 Å². The minimum absolute atomic E-state index is 0.121. The van der Waals surface area contributed by atoms with Crippen LogP contribution in [0.4, 0.5) is 0 Å². The molecule has 4 amide bonds. The number of fused-ring (bicyclic) bond motifs is 1. The highest BCUT2D eigenvalue weighted by Crippen LogP contribution is 2.34. The molecule has 0 saturated carbocycles. The Bertz CT molecular complexity index is 983. The third-order valence-corrected chi connectivity index (χ3v) is 7.43. The summed E-state index contributed by atoms with van der Waals surface area (Å²) < 4.78 is 7.71. The van der Waals surface area contributed by atoms with Crippen LogP contribution in [0.2, 0.25) is 1.41 Å². The van der Waals surface area contributed by atoms with Crippen molar-refractivity contribution < 1.29 is 20.6 Å². The first-order chi connectivity index (χ1) is 15.9. The fraction of sp³-hybridized carbons (Fsp3) is 0.583. The standard InChI is InChI=1S/C24H30N4O4/c29-21-4-3-20(22(30)26-21)28-23(31)18-2-1-17(13-19(18)24(28)32)16-7-11-27(12-8-16)14-15-5-9-25-10-6-15/h1-2,13,15-16,20,25H,3-12,14H2,(H,26,29,30)/i/hD. The molecule has 1 atom stereocenters. The van der Waals surface area contributed by atoms with Gasteiger partial charge in [0.1, 0.15) is 7.45 Å². The summed E-state index contributed by atoms with van der Waals surface area (Å²) in [6, 6.07) is 4.58. The molecule has 1 aromatic carbocycles. The number of hydrogen-bond acceptors (Lipinski definition) is 6. The molecule has 8 nitrogen and oxygen atoms in total. The van der Waals surface area contributed by atoms with Gasteiger partial charge in [0.15, 0.2) is 0 Å². The molecule has 5 rings (SSSR count). The molecule has 8 heteroatoms. The lowest BCUT2D eigenvalue weighted by atomic mass is 9.87. The van der Waals surface area contributed by atoms with Gasteiger partial charge in [-0.2, -0.15) is 0 Å². The van der Waals surface area contributed by atoms with E-state index in [1.165, 1.54) is 0 Å². The first-order valence-corrected chi connectivity index (χ1v) is 11.7. The Hall–Kier alpha value is -2.58. The molecule has 0 radical (unpaired) electrons. The van der Waals surface area contributed by atoms with E-state index in [4.69, 9.17) is 1.41 Å². The average Bonchev–Trinajstić information content (AvgIpc) is 3.06. The minimum atomic E-state index is -0.927. The predicted octanol–water partition coefficient (Wildman–Crippen LogP) is 1.27. The van der Waals surface area contributed by atoms with Crippen molar-refractivity contribution in [2.24, 2.45) is 5.92 Å².